The summed E-state index contributed by atoms with van der Waals surface area (Å²) >= 11 is 1.48. The van der Waals surface area contributed by atoms with Crippen LogP contribution in [0.4, 0.5) is 0 Å². The first-order valence-electron chi connectivity index (χ1n) is 11.2. The van der Waals surface area contributed by atoms with Crippen molar-refractivity contribution >= 4 is 34.2 Å². The summed E-state index contributed by atoms with van der Waals surface area (Å²) in [7, 11) is 1.61. The lowest BCUT2D eigenvalue weighted by Crippen LogP contribution is -2.23. The molecular formula is C27H24N4O3S. The van der Waals surface area contributed by atoms with Crippen molar-refractivity contribution in [2.45, 2.75) is 31.7 Å². The number of hydrogen-bond acceptors (Lipinski definition) is 6. The van der Waals surface area contributed by atoms with Gasteiger partial charge in [-0.3, -0.25) is 14.0 Å². The molecule has 0 N–H and O–H groups in total. The molecule has 0 aliphatic rings. The number of methoxy groups -OCH3 is 1. The van der Waals surface area contributed by atoms with Crippen LogP contribution in [0.2, 0.25) is 0 Å². The molecule has 0 saturated heterocycles. The first-order chi connectivity index (χ1) is 16.9. The maximum atomic E-state index is 13.6. The van der Waals surface area contributed by atoms with Crippen LogP contribution in [0.1, 0.15) is 34.0 Å². The maximum absolute atomic E-state index is 13.6. The third-order valence-corrected chi connectivity index (χ3v) is 7.08. The highest BCUT2D eigenvalue weighted by Gasteiger charge is 2.20. The first-order valence-corrected chi connectivity index (χ1v) is 12.2. The van der Waals surface area contributed by atoms with Gasteiger partial charge in [0, 0.05) is 16.9 Å². The second kappa shape index (κ2) is 9.03. The van der Waals surface area contributed by atoms with E-state index >= 15 is 0 Å². The van der Waals surface area contributed by atoms with Crippen LogP contribution < -0.4 is 10.3 Å². The van der Waals surface area contributed by atoms with Crippen LogP contribution in [0.3, 0.4) is 0 Å². The molecule has 0 amide bonds. The van der Waals surface area contributed by atoms with E-state index in [1.807, 2.05) is 72.8 Å². The largest absolute Gasteiger partial charge is 0.496 e. The standard InChI is InChI=1S/C27H24N4O3S/c1-16-8-7-9-17(2)24(16)31-25(33)21-10-5-6-11-22(21)30-26(31)28-29-27(30)35-15-20-14-19(18(3)32)12-13-23(20)34-4/h5-14H,15H2,1-4H3. The van der Waals surface area contributed by atoms with Crippen molar-refractivity contribution in [3.05, 3.63) is 93.3 Å². The van der Waals surface area contributed by atoms with Crippen LogP contribution >= 0.6 is 11.8 Å². The van der Waals surface area contributed by atoms with E-state index in [2.05, 4.69) is 10.2 Å². The van der Waals surface area contributed by atoms with Crippen molar-refractivity contribution in [1.29, 1.82) is 0 Å². The van der Waals surface area contributed by atoms with Gasteiger partial charge in [-0.2, -0.15) is 0 Å². The van der Waals surface area contributed by atoms with Gasteiger partial charge in [0.05, 0.1) is 23.7 Å². The molecule has 8 heteroatoms. The number of nitrogens with zero attached hydrogens (tertiary/aromatic N) is 4. The van der Waals surface area contributed by atoms with Gasteiger partial charge >= 0.3 is 0 Å². The normalized spacial score (nSPS) is 11.3. The molecule has 0 unspecified atom stereocenters. The second-order valence-electron chi connectivity index (χ2n) is 8.39. The summed E-state index contributed by atoms with van der Waals surface area (Å²) in [5.74, 6) is 1.67. The number of benzene rings is 3. The Kier molecular flexibility index (Phi) is 5.90. The van der Waals surface area contributed by atoms with Gasteiger partial charge < -0.3 is 4.74 Å². The fraction of sp³-hybridized carbons (Fsp3) is 0.185. The number of ether oxygens (including phenoxy) is 1. The highest BCUT2D eigenvalue weighted by molar-refractivity contribution is 7.98. The average Bonchev–Trinajstić information content (AvgIpc) is 3.28. The molecule has 0 bridgehead atoms. The molecule has 0 aliphatic heterocycles. The van der Waals surface area contributed by atoms with E-state index < -0.39 is 0 Å². The lowest BCUT2D eigenvalue weighted by Gasteiger charge is -2.15. The van der Waals surface area contributed by atoms with Crippen LogP contribution in [-0.4, -0.2) is 32.1 Å². The van der Waals surface area contributed by atoms with Crippen LogP contribution in [-0.2, 0) is 5.75 Å². The molecule has 7 nitrogen and oxygen atoms in total. The van der Waals surface area contributed by atoms with Crippen molar-refractivity contribution in [3.63, 3.8) is 0 Å². The summed E-state index contributed by atoms with van der Waals surface area (Å²) in [5, 5.41) is 10.2. The van der Waals surface area contributed by atoms with E-state index in [4.69, 9.17) is 4.74 Å². The van der Waals surface area contributed by atoms with Gasteiger partial charge in [-0.1, -0.05) is 42.1 Å². The fourth-order valence-electron chi connectivity index (χ4n) is 4.38. The lowest BCUT2D eigenvalue weighted by molar-refractivity contribution is 0.101. The molecule has 0 fully saturated rings. The number of aromatic nitrogens is 4. The number of fused-ring (bicyclic) bond motifs is 3. The predicted molar refractivity (Wildman–Crippen MR) is 138 cm³/mol. The smallest absolute Gasteiger partial charge is 0.267 e. The van der Waals surface area contributed by atoms with E-state index in [9.17, 15) is 9.59 Å². The summed E-state index contributed by atoms with van der Waals surface area (Å²) < 4.78 is 9.09. The Labute approximate surface area is 206 Å². The molecule has 2 aromatic heterocycles. The summed E-state index contributed by atoms with van der Waals surface area (Å²) in [6.45, 7) is 5.52. The minimum Gasteiger partial charge on any atom is -0.496 e. The van der Waals surface area contributed by atoms with Crippen molar-refractivity contribution in [3.8, 4) is 11.4 Å². The third kappa shape index (κ3) is 3.89. The van der Waals surface area contributed by atoms with Gasteiger partial charge in [0.15, 0.2) is 10.9 Å². The molecule has 176 valence electrons. The lowest BCUT2D eigenvalue weighted by atomic mass is 10.1. The molecule has 0 radical (unpaired) electrons. The molecule has 0 aliphatic carbocycles. The zero-order valence-electron chi connectivity index (χ0n) is 19.9. The molecule has 5 rings (SSSR count). The quantitative estimate of drug-likeness (QED) is 0.245. The van der Waals surface area contributed by atoms with Crippen molar-refractivity contribution in [1.82, 2.24) is 19.2 Å². The third-order valence-electron chi connectivity index (χ3n) is 6.10. The number of ketones is 1. The van der Waals surface area contributed by atoms with Crippen LogP contribution in [0.5, 0.6) is 5.75 Å². The predicted octanol–water partition coefficient (Wildman–Crippen LogP) is 5.15. The highest BCUT2D eigenvalue weighted by atomic mass is 32.2. The van der Waals surface area contributed by atoms with Crippen LogP contribution in [0.25, 0.3) is 22.4 Å². The molecule has 0 saturated carbocycles. The summed E-state index contributed by atoms with van der Waals surface area (Å²) in [6.07, 6.45) is 0. The van der Waals surface area contributed by atoms with Gasteiger partial charge in [-0.25, -0.2) is 4.57 Å². The Morgan fingerprint density at radius 3 is 2.46 bits per heavy atom. The van der Waals surface area contributed by atoms with Crippen LogP contribution in [0.15, 0.2) is 70.6 Å². The van der Waals surface area contributed by atoms with E-state index in [1.165, 1.54) is 11.8 Å². The van der Waals surface area contributed by atoms with Gasteiger partial charge in [-0.05, 0) is 62.2 Å². The molecule has 0 spiro atoms. The number of carbonyl (C=O) groups excluding carboxylic acids is 1. The van der Waals surface area contributed by atoms with Crippen molar-refractivity contribution < 1.29 is 9.53 Å². The summed E-state index contributed by atoms with van der Waals surface area (Å²) in [4.78, 5) is 25.6. The Morgan fingerprint density at radius 2 is 1.74 bits per heavy atom. The Hall–Kier alpha value is -3.91. The number of para-hydroxylation sites is 2. The zero-order chi connectivity index (χ0) is 24.7. The second-order valence-corrected chi connectivity index (χ2v) is 9.33. The molecule has 0 atom stereocenters. The van der Waals surface area contributed by atoms with Gasteiger partial charge in [0.25, 0.3) is 5.56 Å². The molecule has 2 heterocycles. The first kappa shape index (κ1) is 22.9. The fourth-order valence-corrected chi connectivity index (χ4v) is 5.30. The van der Waals surface area contributed by atoms with Crippen molar-refractivity contribution in [2.75, 3.05) is 7.11 Å². The molecule has 5 aromatic rings. The summed E-state index contributed by atoms with van der Waals surface area (Å²) in [6, 6.07) is 18.9. The minimum absolute atomic E-state index is 0.00422. The van der Waals surface area contributed by atoms with Crippen molar-refractivity contribution in [2.24, 2.45) is 0 Å². The van der Waals surface area contributed by atoms with Crippen LogP contribution in [0, 0.1) is 13.8 Å². The SMILES string of the molecule is COc1ccc(C(C)=O)cc1CSc1nnc2n(-c3c(C)cccc3C)c(=O)c3ccccc3n12. The number of thioether (sulfide) groups is 1. The number of Topliss-reactive ketones (excluding diaryl/α,β-unsaturated/α-hetero) is 1. The topological polar surface area (TPSA) is 78.5 Å². The van der Waals surface area contributed by atoms with E-state index in [0.717, 1.165) is 27.9 Å². The number of hydrogen-bond donors (Lipinski definition) is 0. The Morgan fingerprint density at radius 1 is 1.00 bits per heavy atom. The zero-order valence-corrected chi connectivity index (χ0v) is 20.7. The van der Waals surface area contributed by atoms with Gasteiger partial charge in [-0.15, -0.1) is 10.2 Å². The summed E-state index contributed by atoms with van der Waals surface area (Å²) in [5.41, 5.74) is 4.89. The maximum Gasteiger partial charge on any atom is 0.267 e. The highest BCUT2D eigenvalue weighted by Crippen LogP contribution is 2.30. The van der Waals surface area contributed by atoms with Gasteiger partial charge in [0.2, 0.25) is 5.78 Å². The number of aryl methyl sites for hydroxylation is 2. The molecule has 3 aromatic carbocycles. The number of rotatable bonds is 6. The van der Waals surface area contributed by atoms with E-state index in [1.54, 1.807) is 24.7 Å². The minimum atomic E-state index is -0.134. The van der Waals surface area contributed by atoms with Gasteiger partial charge in [0.1, 0.15) is 5.75 Å². The monoisotopic (exact) mass is 484 g/mol. The Balaban J connectivity index is 1.70. The van der Waals surface area contributed by atoms with E-state index in [0.29, 0.717) is 33.4 Å². The average molecular weight is 485 g/mol. The molecule has 35 heavy (non-hydrogen) atoms. The molecular weight excluding hydrogens is 460 g/mol. The van der Waals surface area contributed by atoms with E-state index in [-0.39, 0.29) is 11.3 Å². The Bertz CT molecular complexity index is 1650. The number of carbonyl (C=O) groups is 1.